The molecule has 1 aromatic carbocycles. The number of aryl methyl sites for hydroxylation is 1. The fourth-order valence-electron chi connectivity index (χ4n) is 2.25. The van der Waals surface area contributed by atoms with Crippen LogP contribution in [0.1, 0.15) is 31.0 Å². The highest BCUT2D eigenvalue weighted by atomic mass is 35.5. The monoisotopic (exact) mass is 295 g/mol. The van der Waals surface area contributed by atoms with Crippen LogP contribution in [-0.2, 0) is 11.3 Å². The van der Waals surface area contributed by atoms with Crippen LogP contribution in [0, 0.1) is 0 Å². The molecule has 20 heavy (non-hydrogen) atoms. The predicted molar refractivity (Wildman–Crippen MR) is 79.0 cm³/mol. The van der Waals surface area contributed by atoms with Crippen molar-refractivity contribution in [2.24, 2.45) is 5.73 Å². The first kappa shape index (κ1) is 14.7. The minimum Gasteiger partial charge on any atom is -0.494 e. The van der Waals surface area contributed by atoms with Crippen LogP contribution in [0.2, 0.25) is 0 Å². The summed E-state index contributed by atoms with van der Waals surface area (Å²) in [6.45, 7) is 2.53. The summed E-state index contributed by atoms with van der Waals surface area (Å²) in [7, 11) is 1.62. The second-order valence-electron chi connectivity index (χ2n) is 4.64. The summed E-state index contributed by atoms with van der Waals surface area (Å²) in [5, 5.41) is -0.222. The molecule has 6 heteroatoms. The molecule has 108 valence electrons. The zero-order valence-corrected chi connectivity index (χ0v) is 12.4. The van der Waals surface area contributed by atoms with Gasteiger partial charge in [-0.05, 0) is 25.5 Å². The molecule has 2 aromatic rings. The van der Waals surface area contributed by atoms with Crippen LogP contribution in [0.25, 0.3) is 11.0 Å². The zero-order valence-electron chi connectivity index (χ0n) is 11.6. The van der Waals surface area contributed by atoms with Gasteiger partial charge in [-0.1, -0.05) is 6.07 Å². The normalized spacial score (nSPS) is 12.6. The number of rotatable bonds is 6. The maximum absolute atomic E-state index is 10.9. The van der Waals surface area contributed by atoms with Crippen molar-refractivity contribution in [2.45, 2.75) is 31.7 Å². The van der Waals surface area contributed by atoms with Crippen molar-refractivity contribution in [1.29, 1.82) is 0 Å². The lowest BCUT2D eigenvalue weighted by Gasteiger charge is -2.09. The van der Waals surface area contributed by atoms with E-state index in [4.69, 9.17) is 22.1 Å². The van der Waals surface area contributed by atoms with Gasteiger partial charge in [0.2, 0.25) is 5.91 Å². The van der Waals surface area contributed by atoms with Crippen molar-refractivity contribution < 1.29 is 9.53 Å². The van der Waals surface area contributed by atoms with Gasteiger partial charge < -0.3 is 15.0 Å². The Labute approximate surface area is 122 Å². The SMILES string of the molecule is COc1cccc2c1nc(C(C)Cl)n2CCCC(N)=O. The fourth-order valence-corrected chi connectivity index (χ4v) is 2.42. The smallest absolute Gasteiger partial charge is 0.217 e. The summed E-state index contributed by atoms with van der Waals surface area (Å²) in [4.78, 5) is 15.4. The van der Waals surface area contributed by atoms with E-state index in [9.17, 15) is 4.79 Å². The van der Waals surface area contributed by atoms with Crippen LogP contribution in [0.4, 0.5) is 0 Å². The van der Waals surface area contributed by atoms with Gasteiger partial charge in [0, 0.05) is 13.0 Å². The van der Waals surface area contributed by atoms with Crippen LogP contribution in [0.15, 0.2) is 18.2 Å². The van der Waals surface area contributed by atoms with E-state index in [0.717, 1.165) is 22.6 Å². The summed E-state index contributed by atoms with van der Waals surface area (Å²) in [6.07, 6.45) is 1.01. The van der Waals surface area contributed by atoms with Gasteiger partial charge >= 0.3 is 0 Å². The number of nitrogens with two attached hydrogens (primary N) is 1. The number of hydrogen-bond acceptors (Lipinski definition) is 3. The third-order valence-electron chi connectivity index (χ3n) is 3.15. The molecule has 1 heterocycles. The summed E-state index contributed by atoms with van der Waals surface area (Å²) < 4.78 is 7.35. The Kier molecular flexibility index (Phi) is 4.49. The van der Waals surface area contributed by atoms with Gasteiger partial charge in [-0.15, -0.1) is 11.6 Å². The number of nitrogens with zero attached hydrogens (tertiary/aromatic N) is 2. The van der Waals surface area contributed by atoms with E-state index in [1.54, 1.807) is 7.11 Å². The van der Waals surface area contributed by atoms with Crippen molar-refractivity contribution in [3.05, 3.63) is 24.0 Å². The van der Waals surface area contributed by atoms with E-state index in [-0.39, 0.29) is 11.3 Å². The Bertz CT molecular complexity index is 622. The van der Waals surface area contributed by atoms with E-state index < -0.39 is 0 Å². The first-order valence-electron chi connectivity index (χ1n) is 6.50. The molecular weight excluding hydrogens is 278 g/mol. The highest BCUT2D eigenvalue weighted by Gasteiger charge is 2.17. The van der Waals surface area contributed by atoms with Crippen LogP contribution in [0.3, 0.4) is 0 Å². The molecule has 0 aliphatic heterocycles. The summed E-state index contributed by atoms with van der Waals surface area (Å²) >= 11 is 6.20. The lowest BCUT2D eigenvalue weighted by molar-refractivity contribution is -0.118. The molecule has 0 saturated carbocycles. The van der Waals surface area contributed by atoms with Crippen LogP contribution >= 0.6 is 11.6 Å². The fraction of sp³-hybridized carbons (Fsp3) is 0.429. The molecule has 2 N–H and O–H groups in total. The average Bonchev–Trinajstić information content (AvgIpc) is 2.77. The molecule has 1 aromatic heterocycles. The maximum Gasteiger partial charge on any atom is 0.217 e. The third-order valence-corrected chi connectivity index (χ3v) is 3.35. The first-order valence-corrected chi connectivity index (χ1v) is 6.93. The van der Waals surface area contributed by atoms with Gasteiger partial charge in [-0.3, -0.25) is 4.79 Å². The number of fused-ring (bicyclic) bond motifs is 1. The Balaban J connectivity index is 2.43. The van der Waals surface area contributed by atoms with Crippen molar-refractivity contribution in [2.75, 3.05) is 7.11 Å². The number of alkyl halides is 1. The number of primary amides is 1. The maximum atomic E-state index is 10.9. The number of carbonyl (C=O) groups excluding carboxylic acids is 1. The highest BCUT2D eigenvalue weighted by Crippen LogP contribution is 2.30. The molecule has 5 nitrogen and oxygen atoms in total. The quantitative estimate of drug-likeness (QED) is 0.833. The largest absolute Gasteiger partial charge is 0.494 e. The van der Waals surface area contributed by atoms with Crippen LogP contribution in [0.5, 0.6) is 5.75 Å². The second kappa shape index (κ2) is 6.13. The van der Waals surface area contributed by atoms with Crippen LogP contribution in [-0.4, -0.2) is 22.6 Å². The van der Waals surface area contributed by atoms with Crippen molar-refractivity contribution in [3.8, 4) is 5.75 Å². The Morgan fingerprint density at radius 1 is 1.55 bits per heavy atom. The minimum atomic E-state index is -0.299. The summed E-state index contributed by atoms with van der Waals surface area (Å²) in [5.41, 5.74) is 6.92. The molecule has 0 saturated heterocycles. The van der Waals surface area contributed by atoms with Gasteiger partial charge in [0.1, 0.15) is 17.1 Å². The molecule has 0 spiro atoms. The van der Waals surface area contributed by atoms with Gasteiger partial charge in [-0.25, -0.2) is 4.98 Å². The molecule has 0 aliphatic carbocycles. The molecule has 1 unspecified atom stereocenters. The number of imidazole rings is 1. The predicted octanol–water partition coefficient (Wildman–Crippen LogP) is 2.61. The van der Waals surface area contributed by atoms with Gasteiger partial charge in [0.25, 0.3) is 0 Å². The molecule has 0 radical (unpaired) electrons. The van der Waals surface area contributed by atoms with E-state index >= 15 is 0 Å². The lowest BCUT2D eigenvalue weighted by Crippen LogP contribution is -2.12. The molecule has 0 fully saturated rings. The number of methoxy groups -OCH3 is 1. The topological polar surface area (TPSA) is 70.1 Å². The average molecular weight is 296 g/mol. The Morgan fingerprint density at radius 3 is 2.90 bits per heavy atom. The number of carbonyl (C=O) groups is 1. The van der Waals surface area contributed by atoms with Gasteiger partial charge in [0.05, 0.1) is 18.0 Å². The van der Waals surface area contributed by atoms with Crippen molar-refractivity contribution in [1.82, 2.24) is 9.55 Å². The lowest BCUT2D eigenvalue weighted by atomic mass is 10.2. The Hall–Kier alpha value is -1.75. The first-order chi connectivity index (χ1) is 9.54. The Morgan fingerprint density at radius 2 is 2.30 bits per heavy atom. The molecule has 0 bridgehead atoms. The highest BCUT2D eigenvalue weighted by molar-refractivity contribution is 6.20. The number of hydrogen-bond donors (Lipinski definition) is 1. The number of aromatic nitrogens is 2. The van der Waals surface area contributed by atoms with Crippen molar-refractivity contribution >= 4 is 28.5 Å². The summed E-state index contributed by atoms with van der Waals surface area (Å²) in [6, 6.07) is 5.75. The second-order valence-corrected chi connectivity index (χ2v) is 5.29. The number of amides is 1. The van der Waals surface area contributed by atoms with Gasteiger partial charge in [0.15, 0.2) is 0 Å². The summed E-state index contributed by atoms with van der Waals surface area (Å²) in [5.74, 6) is 1.19. The zero-order chi connectivity index (χ0) is 14.7. The van der Waals surface area contributed by atoms with E-state index in [2.05, 4.69) is 4.98 Å². The van der Waals surface area contributed by atoms with E-state index in [1.807, 2.05) is 29.7 Å². The third kappa shape index (κ3) is 2.88. The number of para-hydroxylation sites is 1. The number of halogens is 1. The molecule has 2 rings (SSSR count). The van der Waals surface area contributed by atoms with E-state index in [0.29, 0.717) is 19.4 Å². The van der Waals surface area contributed by atoms with Crippen molar-refractivity contribution in [3.63, 3.8) is 0 Å². The molecule has 0 aliphatic rings. The number of benzene rings is 1. The van der Waals surface area contributed by atoms with Crippen LogP contribution < -0.4 is 10.5 Å². The minimum absolute atomic E-state index is 0.222. The van der Waals surface area contributed by atoms with E-state index in [1.165, 1.54) is 0 Å². The van der Waals surface area contributed by atoms with Gasteiger partial charge in [-0.2, -0.15) is 0 Å². The molecule has 1 amide bonds. The molecule has 1 atom stereocenters. The number of ether oxygens (including phenoxy) is 1. The molecular formula is C14H18ClN3O2. The standard InChI is InChI=1S/C14H18ClN3O2/c1-9(15)14-17-13-10(5-3-6-11(13)20-2)18(14)8-4-7-12(16)19/h3,5-6,9H,4,7-8H2,1-2H3,(H2,16,19).